The molecule has 0 aliphatic rings. The molecule has 3 nitrogen and oxygen atoms in total. The number of nitrogens with zero attached hydrogens (tertiary/aromatic N) is 1. The minimum Gasteiger partial charge on any atom is -0.372 e. The van der Waals surface area contributed by atoms with Crippen LogP contribution in [0, 0.1) is 0 Å². The number of pyridine rings is 1. The Hall–Kier alpha value is -0.930. The lowest BCUT2D eigenvalue weighted by atomic mass is 10.2. The molecule has 0 aliphatic carbocycles. The minimum atomic E-state index is -0.0105. The SMILES string of the molecule is CCOC(CN)c1cccnc1. The van der Waals surface area contributed by atoms with Gasteiger partial charge in [-0.05, 0) is 13.0 Å². The summed E-state index contributed by atoms with van der Waals surface area (Å²) in [6, 6.07) is 3.86. The fourth-order valence-electron chi connectivity index (χ4n) is 1.07. The van der Waals surface area contributed by atoms with E-state index in [9.17, 15) is 0 Å². The van der Waals surface area contributed by atoms with E-state index in [1.54, 1.807) is 12.4 Å². The number of aromatic nitrogens is 1. The number of hydrogen-bond acceptors (Lipinski definition) is 3. The maximum absolute atomic E-state index is 5.54. The van der Waals surface area contributed by atoms with E-state index in [0.29, 0.717) is 13.2 Å². The monoisotopic (exact) mass is 166 g/mol. The highest BCUT2D eigenvalue weighted by atomic mass is 16.5. The molecule has 1 aromatic rings. The van der Waals surface area contributed by atoms with Crippen molar-refractivity contribution in [3.05, 3.63) is 30.1 Å². The van der Waals surface area contributed by atoms with Crippen molar-refractivity contribution in [2.24, 2.45) is 5.73 Å². The van der Waals surface area contributed by atoms with Crippen molar-refractivity contribution >= 4 is 0 Å². The van der Waals surface area contributed by atoms with Gasteiger partial charge < -0.3 is 10.5 Å². The maximum Gasteiger partial charge on any atom is 0.0961 e. The zero-order chi connectivity index (χ0) is 8.81. The maximum atomic E-state index is 5.54. The van der Waals surface area contributed by atoms with Crippen molar-refractivity contribution in [1.29, 1.82) is 0 Å². The molecule has 0 bridgehead atoms. The highest BCUT2D eigenvalue weighted by Gasteiger charge is 2.07. The molecule has 0 saturated heterocycles. The molecule has 0 amide bonds. The van der Waals surface area contributed by atoms with Crippen molar-refractivity contribution in [1.82, 2.24) is 4.98 Å². The second kappa shape index (κ2) is 4.85. The second-order valence-corrected chi connectivity index (χ2v) is 2.47. The molecule has 2 N–H and O–H groups in total. The predicted molar refractivity (Wildman–Crippen MR) is 47.7 cm³/mol. The highest BCUT2D eigenvalue weighted by molar-refractivity contribution is 5.12. The summed E-state index contributed by atoms with van der Waals surface area (Å²) >= 11 is 0. The average Bonchev–Trinajstić information content (AvgIpc) is 2.15. The van der Waals surface area contributed by atoms with Crippen molar-refractivity contribution in [3.8, 4) is 0 Å². The van der Waals surface area contributed by atoms with Crippen LogP contribution in [-0.4, -0.2) is 18.1 Å². The van der Waals surface area contributed by atoms with E-state index in [1.165, 1.54) is 0 Å². The first kappa shape index (κ1) is 9.16. The number of rotatable bonds is 4. The standard InChI is InChI=1S/C9H14N2O/c1-2-12-9(6-10)8-4-3-5-11-7-8/h3-5,7,9H,2,6,10H2,1H3. The minimum absolute atomic E-state index is 0.0105. The van der Waals surface area contributed by atoms with Crippen molar-refractivity contribution in [2.45, 2.75) is 13.0 Å². The predicted octanol–water partition coefficient (Wildman–Crippen LogP) is 1.12. The lowest BCUT2D eigenvalue weighted by molar-refractivity contribution is 0.0686. The summed E-state index contributed by atoms with van der Waals surface area (Å²) in [5.74, 6) is 0. The molecule has 3 heteroatoms. The normalized spacial score (nSPS) is 12.8. The first-order valence-corrected chi connectivity index (χ1v) is 4.10. The van der Waals surface area contributed by atoms with Crippen LogP contribution < -0.4 is 5.73 Å². The van der Waals surface area contributed by atoms with Crippen LogP contribution in [-0.2, 0) is 4.74 Å². The molecule has 12 heavy (non-hydrogen) atoms. The molecule has 1 rings (SSSR count). The Morgan fingerprint density at radius 3 is 3.00 bits per heavy atom. The lowest BCUT2D eigenvalue weighted by Gasteiger charge is -2.13. The second-order valence-electron chi connectivity index (χ2n) is 2.47. The van der Waals surface area contributed by atoms with Gasteiger partial charge in [0.2, 0.25) is 0 Å². The molecule has 0 spiro atoms. The summed E-state index contributed by atoms with van der Waals surface area (Å²) < 4.78 is 5.41. The van der Waals surface area contributed by atoms with Crippen LogP contribution in [0.3, 0.4) is 0 Å². The van der Waals surface area contributed by atoms with Crippen LogP contribution >= 0.6 is 0 Å². The van der Waals surface area contributed by atoms with Gasteiger partial charge in [0.15, 0.2) is 0 Å². The van der Waals surface area contributed by atoms with Crippen LogP contribution in [0.15, 0.2) is 24.5 Å². The van der Waals surface area contributed by atoms with Crippen molar-refractivity contribution < 1.29 is 4.74 Å². The smallest absolute Gasteiger partial charge is 0.0961 e. The quantitative estimate of drug-likeness (QED) is 0.729. The molecule has 1 heterocycles. The van der Waals surface area contributed by atoms with E-state index in [0.717, 1.165) is 5.56 Å². The molecular formula is C9H14N2O. The number of hydrogen-bond donors (Lipinski definition) is 1. The van der Waals surface area contributed by atoms with Crippen molar-refractivity contribution in [2.75, 3.05) is 13.2 Å². The van der Waals surface area contributed by atoms with Gasteiger partial charge in [0, 0.05) is 31.1 Å². The van der Waals surface area contributed by atoms with Gasteiger partial charge in [-0.25, -0.2) is 0 Å². The van der Waals surface area contributed by atoms with Crippen LogP contribution in [0.1, 0.15) is 18.6 Å². The van der Waals surface area contributed by atoms with Gasteiger partial charge in [-0.1, -0.05) is 6.07 Å². The molecule has 0 radical (unpaired) electrons. The molecule has 0 aliphatic heterocycles. The third-order valence-corrected chi connectivity index (χ3v) is 1.64. The van der Waals surface area contributed by atoms with Gasteiger partial charge in [0.05, 0.1) is 6.10 Å². The Labute approximate surface area is 72.6 Å². The Balaban J connectivity index is 2.66. The van der Waals surface area contributed by atoms with E-state index < -0.39 is 0 Å². The lowest BCUT2D eigenvalue weighted by Crippen LogP contribution is -2.15. The summed E-state index contributed by atoms with van der Waals surface area (Å²) in [5.41, 5.74) is 6.58. The van der Waals surface area contributed by atoms with Gasteiger partial charge in [0.1, 0.15) is 0 Å². The van der Waals surface area contributed by atoms with Gasteiger partial charge in [-0.2, -0.15) is 0 Å². The Morgan fingerprint density at radius 1 is 1.67 bits per heavy atom. The van der Waals surface area contributed by atoms with E-state index in [1.807, 2.05) is 19.1 Å². The van der Waals surface area contributed by atoms with Crippen LogP contribution in [0.5, 0.6) is 0 Å². The van der Waals surface area contributed by atoms with E-state index in [-0.39, 0.29) is 6.10 Å². The first-order chi connectivity index (χ1) is 5.88. The largest absolute Gasteiger partial charge is 0.372 e. The first-order valence-electron chi connectivity index (χ1n) is 4.10. The molecule has 0 fully saturated rings. The number of nitrogens with two attached hydrogens (primary N) is 1. The molecule has 1 unspecified atom stereocenters. The fraction of sp³-hybridized carbons (Fsp3) is 0.444. The molecular weight excluding hydrogens is 152 g/mol. The topological polar surface area (TPSA) is 48.1 Å². The van der Waals surface area contributed by atoms with Crippen LogP contribution in [0.4, 0.5) is 0 Å². The summed E-state index contributed by atoms with van der Waals surface area (Å²) in [4.78, 5) is 4.00. The summed E-state index contributed by atoms with van der Waals surface area (Å²) in [6.07, 6.45) is 3.51. The Kier molecular flexibility index (Phi) is 3.70. The van der Waals surface area contributed by atoms with E-state index in [4.69, 9.17) is 10.5 Å². The average molecular weight is 166 g/mol. The van der Waals surface area contributed by atoms with Crippen LogP contribution in [0.25, 0.3) is 0 Å². The third kappa shape index (κ3) is 2.29. The van der Waals surface area contributed by atoms with Gasteiger partial charge in [0.25, 0.3) is 0 Å². The zero-order valence-corrected chi connectivity index (χ0v) is 7.23. The molecule has 0 aromatic carbocycles. The van der Waals surface area contributed by atoms with E-state index in [2.05, 4.69) is 4.98 Å². The summed E-state index contributed by atoms with van der Waals surface area (Å²) in [7, 11) is 0. The molecule has 0 saturated carbocycles. The zero-order valence-electron chi connectivity index (χ0n) is 7.23. The van der Waals surface area contributed by atoms with E-state index >= 15 is 0 Å². The third-order valence-electron chi connectivity index (χ3n) is 1.64. The van der Waals surface area contributed by atoms with Gasteiger partial charge >= 0.3 is 0 Å². The Morgan fingerprint density at radius 2 is 2.50 bits per heavy atom. The fourth-order valence-corrected chi connectivity index (χ4v) is 1.07. The molecule has 1 atom stereocenters. The van der Waals surface area contributed by atoms with Crippen molar-refractivity contribution in [3.63, 3.8) is 0 Å². The molecule has 1 aromatic heterocycles. The highest BCUT2D eigenvalue weighted by Crippen LogP contribution is 2.13. The van der Waals surface area contributed by atoms with Gasteiger partial charge in [-0.15, -0.1) is 0 Å². The van der Waals surface area contributed by atoms with Gasteiger partial charge in [-0.3, -0.25) is 4.98 Å². The summed E-state index contributed by atoms with van der Waals surface area (Å²) in [5, 5.41) is 0. The molecule has 66 valence electrons. The van der Waals surface area contributed by atoms with Crippen LogP contribution in [0.2, 0.25) is 0 Å². The Bertz CT molecular complexity index is 213. The number of ether oxygens (including phenoxy) is 1. The summed E-state index contributed by atoms with van der Waals surface area (Å²) in [6.45, 7) is 3.13.